The topological polar surface area (TPSA) is 77.0 Å². The quantitative estimate of drug-likeness (QED) is 0.793. The maximum Gasteiger partial charge on any atom is 0.229 e. The van der Waals surface area contributed by atoms with E-state index in [0.717, 1.165) is 34.2 Å². The van der Waals surface area contributed by atoms with E-state index < -0.39 is 0 Å². The van der Waals surface area contributed by atoms with E-state index in [2.05, 4.69) is 26.6 Å². The fourth-order valence-corrected chi connectivity index (χ4v) is 3.52. The van der Waals surface area contributed by atoms with Crippen molar-refractivity contribution in [3.63, 3.8) is 0 Å². The second kappa shape index (κ2) is 6.62. The van der Waals surface area contributed by atoms with Gasteiger partial charge in [0.1, 0.15) is 5.01 Å². The third-order valence-electron chi connectivity index (χ3n) is 4.13. The Balaban J connectivity index is 1.52. The first-order valence-electron chi connectivity index (χ1n) is 7.86. The predicted octanol–water partition coefficient (Wildman–Crippen LogP) is 3.12. The fraction of sp³-hybridized carbons (Fsp3) is 0.294. The summed E-state index contributed by atoms with van der Waals surface area (Å²) >= 11 is 1.39. The van der Waals surface area contributed by atoms with E-state index in [1.807, 2.05) is 24.4 Å². The van der Waals surface area contributed by atoms with Gasteiger partial charge in [-0.05, 0) is 30.4 Å². The molecule has 0 saturated carbocycles. The molecule has 1 aliphatic rings. The molecule has 1 amide bonds. The van der Waals surface area contributed by atoms with Crippen LogP contribution in [0.3, 0.4) is 0 Å². The van der Waals surface area contributed by atoms with Crippen LogP contribution in [0.4, 0.5) is 5.13 Å². The Morgan fingerprint density at radius 2 is 2.04 bits per heavy atom. The number of fused-ring (bicyclic) bond motifs is 1. The summed E-state index contributed by atoms with van der Waals surface area (Å²) in [6.45, 7) is 1.29. The highest BCUT2D eigenvalue weighted by atomic mass is 32.1. The lowest BCUT2D eigenvalue weighted by Crippen LogP contribution is -2.28. The van der Waals surface area contributed by atoms with Crippen LogP contribution in [0, 0.1) is 5.92 Å². The Hall–Kier alpha value is -2.38. The van der Waals surface area contributed by atoms with Crippen LogP contribution in [0.2, 0.25) is 0 Å². The number of nitrogens with zero attached hydrogens (tertiary/aromatic N) is 3. The Bertz CT molecular complexity index is 874. The molecule has 4 rings (SSSR count). The number of carbonyl (C=O) groups is 1. The maximum atomic E-state index is 12.3. The van der Waals surface area contributed by atoms with Gasteiger partial charge in [-0.25, -0.2) is 0 Å². The van der Waals surface area contributed by atoms with Crippen molar-refractivity contribution in [1.82, 2.24) is 15.2 Å². The molecule has 1 aromatic carbocycles. The minimum atomic E-state index is -0.000677. The highest BCUT2D eigenvalue weighted by molar-refractivity contribution is 7.18. The maximum absolute atomic E-state index is 12.3. The first-order valence-corrected chi connectivity index (χ1v) is 8.67. The molecular formula is C17H16N4O2S. The van der Waals surface area contributed by atoms with E-state index >= 15 is 0 Å². The standard InChI is InChI=1S/C17H16N4O2S/c22-15(11-4-7-23-8-5-11)19-17-21-20-16(24-17)13-1-2-14-10-18-6-3-12(14)9-13/h1-3,6,9-11H,4-5,7-8H2,(H,19,21,22). The van der Waals surface area contributed by atoms with Gasteiger partial charge in [0.05, 0.1) is 0 Å². The summed E-state index contributed by atoms with van der Waals surface area (Å²) in [5, 5.41) is 14.7. The number of rotatable bonds is 3. The van der Waals surface area contributed by atoms with Crippen molar-refractivity contribution in [3.8, 4) is 10.6 Å². The molecule has 122 valence electrons. The normalized spacial score (nSPS) is 15.5. The van der Waals surface area contributed by atoms with Gasteiger partial charge < -0.3 is 10.1 Å². The second-order valence-electron chi connectivity index (χ2n) is 5.73. The molecule has 0 atom stereocenters. The highest BCUT2D eigenvalue weighted by Gasteiger charge is 2.22. The van der Waals surface area contributed by atoms with Gasteiger partial charge in [0, 0.05) is 42.5 Å². The average Bonchev–Trinajstić information content (AvgIpc) is 3.10. The molecule has 1 aliphatic heterocycles. The summed E-state index contributed by atoms with van der Waals surface area (Å²) in [4.78, 5) is 16.4. The number of nitrogens with one attached hydrogen (secondary N) is 1. The lowest BCUT2D eigenvalue weighted by Gasteiger charge is -2.20. The number of hydrogen-bond donors (Lipinski definition) is 1. The smallest absolute Gasteiger partial charge is 0.229 e. The largest absolute Gasteiger partial charge is 0.381 e. The molecule has 1 fully saturated rings. The molecule has 0 aliphatic carbocycles. The predicted molar refractivity (Wildman–Crippen MR) is 92.8 cm³/mol. The van der Waals surface area contributed by atoms with E-state index in [9.17, 15) is 4.79 Å². The van der Waals surface area contributed by atoms with Crippen molar-refractivity contribution in [2.24, 2.45) is 5.92 Å². The minimum Gasteiger partial charge on any atom is -0.381 e. The van der Waals surface area contributed by atoms with Gasteiger partial charge in [-0.3, -0.25) is 9.78 Å². The number of ether oxygens (including phenoxy) is 1. The Morgan fingerprint density at radius 3 is 2.92 bits per heavy atom. The van der Waals surface area contributed by atoms with Crippen molar-refractivity contribution in [2.45, 2.75) is 12.8 Å². The summed E-state index contributed by atoms with van der Waals surface area (Å²) in [5.74, 6) is 0.00450. The van der Waals surface area contributed by atoms with Crippen LogP contribution in [0.15, 0.2) is 36.7 Å². The first-order chi connectivity index (χ1) is 11.8. The van der Waals surface area contributed by atoms with Crippen LogP contribution in [0.1, 0.15) is 12.8 Å². The third-order valence-corrected chi connectivity index (χ3v) is 5.02. The van der Waals surface area contributed by atoms with E-state index in [-0.39, 0.29) is 11.8 Å². The Morgan fingerprint density at radius 1 is 1.17 bits per heavy atom. The van der Waals surface area contributed by atoms with Gasteiger partial charge >= 0.3 is 0 Å². The number of anilines is 1. The highest BCUT2D eigenvalue weighted by Crippen LogP contribution is 2.29. The molecular weight excluding hydrogens is 324 g/mol. The van der Waals surface area contributed by atoms with Gasteiger partial charge in [-0.1, -0.05) is 23.5 Å². The van der Waals surface area contributed by atoms with Crippen molar-refractivity contribution >= 4 is 33.1 Å². The summed E-state index contributed by atoms with van der Waals surface area (Å²) in [6, 6.07) is 8.03. The minimum absolute atomic E-state index is 0.000677. The molecule has 2 aromatic heterocycles. The van der Waals surface area contributed by atoms with Crippen LogP contribution in [0.5, 0.6) is 0 Å². The SMILES string of the molecule is O=C(Nc1nnc(-c2ccc3cnccc3c2)s1)C1CCOCC1. The molecule has 7 heteroatoms. The van der Waals surface area contributed by atoms with Gasteiger partial charge in [0.15, 0.2) is 0 Å². The molecule has 6 nitrogen and oxygen atoms in total. The number of benzene rings is 1. The fourth-order valence-electron chi connectivity index (χ4n) is 2.77. The average molecular weight is 340 g/mol. The summed E-state index contributed by atoms with van der Waals surface area (Å²) in [5.41, 5.74) is 0.984. The lowest BCUT2D eigenvalue weighted by molar-refractivity contribution is -0.122. The molecule has 0 spiro atoms. The summed E-state index contributed by atoms with van der Waals surface area (Å²) in [6.07, 6.45) is 5.12. The van der Waals surface area contributed by atoms with Gasteiger partial charge in [-0.2, -0.15) is 0 Å². The van der Waals surface area contributed by atoms with Crippen LogP contribution in [-0.2, 0) is 9.53 Å². The monoisotopic (exact) mass is 340 g/mol. The van der Waals surface area contributed by atoms with E-state index in [1.54, 1.807) is 6.20 Å². The molecule has 0 bridgehead atoms. The van der Waals surface area contributed by atoms with Gasteiger partial charge in [-0.15, -0.1) is 10.2 Å². The Kier molecular flexibility index (Phi) is 4.18. The number of aromatic nitrogens is 3. The molecule has 1 N–H and O–H groups in total. The van der Waals surface area contributed by atoms with E-state index in [0.29, 0.717) is 18.3 Å². The van der Waals surface area contributed by atoms with Crippen LogP contribution >= 0.6 is 11.3 Å². The van der Waals surface area contributed by atoms with Crippen LogP contribution in [0.25, 0.3) is 21.3 Å². The third kappa shape index (κ3) is 3.13. The molecule has 3 aromatic rings. The number of amides is 1. The summed E-state index contributed by atoms with van der Waals surface area (Å²) < 4.78 is 5.29. The van der Waals surface area contributed by atoms with Crippen molar-refractivity contribution in [1.29, 1.82) is 0 Å². The summed E-state index contributed by atoms with van der Waals surface area (Å²) in [7, 11) is 0. The van der Waals surface area contributed by atoms with Crippen molar-refractivity contribution in [2.75, 3.05) is 18.5 Å². The Labute approximate surface area is 142 Å². The molecule has 24 heavy (non-hydrogen) atoms. The first kappa shape index (κ1) is 15.2. The van der Waals surface area contributed by atoms with Gasteiger partial charge in [0.2, 0.25) is 11.0 Å². The van der Waals surface area contributed by atoms with Crippen molar-refractivity contribution < 1.29 is 9.53 Å². The van der Waals surface area contributed by atoms with E-state index in [4.69, 9.17) is 4.74 Å². The zero-order valence-electron chi connectivity index (χ0n) is 12.9. The van der Waals surface area contributed by atoms with Crippen LogP contribution in [-0.4, -0.2) is 34.3 Å². The van der Waals surface area contributed by atoms with Crippen LogP contribution < -0.4 is 5.32 Å². The molecule has 3 heterocycles. The lowest BCUT2D eigenvalue weighted by atomic mass is 10.00. The molecule has 1 saturated heterocycles. The molecule has 0 radical (unpaired) electrons. The number of carbonyl (C=O) groups excluding carboxylic acids is 1. The molecule has 0 unspecified atom stereocenters. The number of pyridine rings is 1. The van der Waals surface area contributed by atoms with Crippen molar-refractivity contribution in [3.05, 3.63) is 36.7 Å². The number of hydrogen-bond acceptors (Lipinski definition) is 6. The van der Waals surface area contributed by atoms with Gasteiger partial charge in [0.25, 0.3) is 0 Å². The zero-order chi connectivity index (χ0) is 16.4. The van der Waals surface area contributed by atoms with E-state index in [1.165, 1.54) is 11.3 Å². The zero-order valence-corrected chi connectivity index (χ0v) is 13.8. The second-order valence-corrected chi connectivity index (χ2v) is 6.70.